The van der Waals surface area contributed by atoms with Crippen molar-refractivity contribution in [2.24, 2.45) is 5.41 Å². The third kappa shape index (κ3) is 9.62. The lowest BCUT2D eigenvalue weighted by Gasteiger charge is -2.35. The Morgan fingerprint density at radius 1 is 1.16 bits per heavy atom. The lowest BCUT2D eigenvalue weighted by Crippen LogP contribution is -2.47. The molecule has 2 atom stereocenters. The normalized spacial score (nSPS) is 13.6. The zero-order valence-electron chi connectivity index (χ0n) is 18.1. The predicted molar refractivity (Wildman–Crippen MR) is 112 cm³/mol. The van der Waals surface area contributed by atoms with Crippen molar-refractivity contribution in [1.29, 1.82) is 0 Å². The average Bonchev–Trinajstić information content (AvgIpc) is 2.70. The van der Waals surface area contributed by atoms with Crippen LogP contribution in [-0.4, -0.2) is 67.8 Å². The zero-order valence-corrected chi connectivity index (χ0v) is 19.0. The van der Waals surface area contributed by atoms with E-state index in [0.29, 0.717) is 0 Å². The number of carboxylic acid groups (broad SMARTS) is 1. The largest absolute Gasteiger partial charge is 0.513 e. The molecular formula is C20H29NO10S. The van der Waals surface area contributed by atoms with Crippen LogP contribution in [0.4, 0.5) is 4.79 Å². The standard InChI is InChI=1S/C20H29NO10S/c1-14(22)21-11-7-13-32(27,28)31-16(20(2,3)17(23)18(24)25)10-12-29-19(26)30-15-8-5-4-6-9-15/h4-6,8-9,16-17,23H,7,10-13H2,1-3H3,(H,21,22)(H,24,25)/t16?,17-/m0/s1. The Morgan fingerprint density at radius 3 is 2.34 bits per heavy atom. The number of carbonyl (C=O) groups is 3. The summed E-state index contributed by atoms with van der Waals surface area (Å²) in [5.74, 6) is -2.07. The fourth-order valence-electron chi connectivity index (χ4n) is 2.64. The van der Waals surface area contributed by atoms with Gasteiger partial charge in [-0.2, -0.15) is 8.42 Å². The number of aliphatic hydroxyl groups is 1. The number of hydrogen-bond acceptors (Lipinski definition) is 9. The van der Waals surface area contributed by atoms with Crippen LogP contribution in [0.2, 0.25) is 0 Å². The van der Waals surface area contributed by atoms with Crippen molar-refractivity contribution >= 4 is 28.1 Å². The highest BCUT2D eigenvalue weighted by molar-refractivity contribution is 7.86. The highest BCUT2D eigenvalue weighted by Crippen LogP contribution is 2.32. The van der Waals surface area contributed by atoms with Crippen LogP contribution in [0.5, 0.6) is 5.75 Å². The third-order valence-electron chi connectivity index (χ3n) is 4.52. The minimum absolute atomic E-state index is 0.0659. The van der Waals surface area contributed by atoms with Gasteiger partial charge < -0.3 is 25.0 Å². The minimum atomic E-state index is -4.15. The van der Waals surface area contributed by atoms with Crippen LogP contribution in [0.15, 0.2) is 30.3 Å². The molecule has 0 fully saturated rings. The van der Waals surface area contributed by atoms with Gasteiger partial charge in [-0.3, -0.25) is 8.98 Å². The maximum atomic E-state index is 12.4. The third-order valence-corrected chi connectivity index (χ3v) is 5.83. The van der Waals surface area contributed by atoms with Gasteiger partial charge in [-0.15, -0.1) is 0 Å². The van der Waals surface area contributed by atoms with Gasteiger partial charge in [0.25, 0.3) is 10.1 Å². The summed E-state index contributed by atoms with van der Waals surface area (Å²) in [4.78, 5) is 34.0. The van der Waals surface area contributed by atoms with Crippen molar-refractivity contribution in [1.82, 2.24) is 5.32 Å². The summed E-state index contributed by atoms with van der Waals surface area (Å²) in [6, 6.07) is 8.10. The van der Waals surface area contributed by atoms with Crippen molar-refractivity contribution in [2.45, 2.75) is 45.8 Å². The van der Waals surface area contributed by atoms with Crippen LogP contribution in [0.3, 0.4) is 0 Å². The number of nitrogens with one attached hydrogen (secondary N) is 1. The lowest BCUT2D eigenvalue weighted by atomic mass is 9.79. The molecule has 0 heterocycles. The number of amides is 1. The first-order chi connectivity index (χ1) is 14.8. The molecule has 1 unspecified atom stereocenters. The van der Waals surface area contributed by atoms with E-state index in [1.54, 1.807) is 18.2 Å². The van der Waals surface area contributed by atoms with E-state index in [9.17, 15) is 27.9 Å². The fraction of sp³-hybridized carbons (Fsp3) is 0.550. The van der Waals surface area contributed by atoms with Crippen molar-refractivity contribution < 1.29 is 46.7 Å². The summed E-state index contributed by atoms with van der Waals surface area (Å²) in [7, 11) is -4.15. The van der Waals surface area contributed by atoms with Gasteiger partial charge in [0.15, 0.2) is 6.10 Å². The Balaban J connectivity index is 2.78. The number of ether oxygens (including phenoxy) is 2. The molecule has 11 nitrogen and oxygen atoms in total. The van der Waals surface area contributed by atoms with E-state index in [-0.39, 0.29) is 37.6 Å². The summed E-state index contributed by atoms with van der Waals surface area (Å²) >= 11 is 0. The van der Waals surface area contributed by atoms with Gasteiger partial charge in [-0.05, 0) is 18.6 Å². The molecule has 1 rings (SSSR count). The Hall–Kier alpha value is -2.70. The van der Waals surface area contributed by atoms with Crippen LogP contribution in [-0.2, 0) is 28.6 Å². The quantitative estimate of drug-likeness (QED) is 0.164. The molecule has 1 aromatic rings. The first-order valence-corrected chi connectivity index (χ1v) is 11.4. The van der Waals surface area contributed by atoms with E-state index >= 15 is 0 Å². The van der Waals surface area contributed by atoms with Crippen LogP contribution < -0.4 is 10.1 Å². The molecule has 0 bridgehead atoms. The van der Waals surface area contributed by atoms with Crippen molar-refractivity contribution in [3.63, 3.8) is 0 Å². The Labute approximate surface area is 186 Å². The molecule has 0 saturated heterocycles. The highest BCUT2D eigenvalue weighted by Gasteiger charge is 2.43. The van der Waals surface area contributed by atoms with E-state index in [0.717, 1.165) is 0 Å². The topological polar surface area (TPSA) is 166 Å². The van der Waals surface area contributed by atoms with Crippen LogP contribution in [0.25, 0.3) is 0 Å². The number of para-hydroxylation sites is 1. The summed E-state index contributed by atoms with van der Waals surface area (Å²) < 4.78 is 39.8. The number of benzene rings is 1. The van der Waals surface area contributed by atoms with Crippen molar-refractivity contribution in [3.8, 4) is 5.75 Å². The molecule has 32 heavy (non-hydrogen) atoms. The number of aliphatic hydroxyl groups excluding tert-OH is 1. The fourth-order valence-corrected chi connectivity index (χ4v) is 3.93. The molecule has 0 aliphatic rings. The summed E-state index contributed by atoms with van der Waals surface area (Å²) in [5, 5.41) is 21.7. The van der Waals surface area contributed by atoms with E-state index in [2.05, 4.69) is 5.32 Å². The van der Waals surface area contributed by atoms with E-state index in [1.807, 2.05) is 0 Å². The Kier molecular flexibility index (Phi) is 10.6. The Bertz CT molecular complexity index is 870. The van der Waals surface area contributed by atoms with E-state index in [4.69, 9.17) is 18.8 Å². The van der Waals surface area contributed by atoms with Crippen LogP contribution >= 0.6 is 0 Å². The molecule has 0 saturated carbocycles. The number of rotatable bonds is 13. The van der Waals surface area contributed by atoms with Crippen molar-refractivity contribution in [2.75, 3.05) is 18.9 Å². The molecular weight excluding hydrogens is 446 g/mol. The van der Waals surface area contributed by atoms with Crippen molar-refractivity contribution in [3.05, 3.63) is 30.3 Å². The first-order valence-electron chi connectivity index (χ1n) is 9.81. The molecule has 0 aliphatic carbocycles. The van der Waals surface area contributed by atoms with Gasteiger partial charge in [0.05, 0.1) is 18.5 Å². The van der Waals surface area contributed by atoms with Gasteiger partial charge >= 0.3 is 12.1 Å². The molecule has 0 aliphatic heterocycles. The molecule has 180 valence electrons. The van der Waals surface area contributed by atoms with E-state index in [1.165, 1.54) is 32.9 Å². The molecule has 1 aromatic carbocycles. The average molecular weight is 476 g/mol. The summed E-state index contributed by atoms with van der Waals surface area (Å²) in [6.45, 7) is 3.70. The monoisotopic (exact) mass is 475 g/mol. The molecule has 0 spiro atoms. The second kappa shape index (κ2) is 12.4. The molecule has 1 amide bonds. The number of hydrogen-bond donors (Lipinski definition) is 3. The first kappa shape index (κ1) is 27.3. The lowest BCUT2D eigenvalue weighted by molar-refractivity contribution is -0.158. The molecule has 0 radical (unpaired) electrons. The van der Waals surface area contributed by atoms with Gasteiger partial charge in [-0.25, -0.2) is 9.59 Å². The molecule has 0 aromatic heterocycles. The predicted octanol–water partition coefficient (Wildman–Crippen LogP) is 1.30. The summed E-state index contributed by atoms with van der Waals surface area (Å²) in [5.41, 5.74) is -1.55. The second-order valence-electron chi connectivity index (χ2n) is 7.55. The van der Waals surface area contributed by atoms with Crippen LogP contribution in [0.1, 0.15) is 33.6 Å². The van der Waals surface area contributed by atoms with Gasteiger partial charge in [0.2, 0.25) is 5.91 Å². The summed E-state index contributed by atoms with van der Waals surface area (Å²) in [6.07, 6.45) is -4.48. The number of carbonyl (C=O) groups excluding carboxylic acids is 2. The SMILES string of the molecule is CC(=O)NCCCS(=O)(=O)OC(CCOC(=O)Oc1ccccc1)C(C)(C)[C@@H](O)C(=O)O. The van der Waals surface area contributed by atoms with Crippen LogP contribution in [0, 0.1) is 5.41 Å². The zero-order chi connectivity index (χ0) is 24.4. The molecule has 12 heteroatoms. The minimum Gasteiger partial charge on any atom is -0.479 e. The van der Waals surface area contributed by atoms with Gasteiger partial charge in [0, 0.05) is 25.3 Å². The maximum Gasteiger partial charge on any atom is 0.513 e. The second-order valence-corrected chi connectivity index (χ2v) is 9.26. The van der Waals surface area contributed by atoms with E-state index < -0.39 is 45.6 Å². The smallest absolute Gasteiger partial charge is 0.479 e. The Morgan fingerprint density at radius 2 is 1.78 bits per heavy atom. The van der Waals surface area contributed by atoms with Gasteiger partial charge in [0.1, 0.15) is 5.75 Å². The highest BCUT2D eigenvalue weighted by atomic mass is 32.2. The maximum absolute atomic E-state index is 12.4. The number of carboxylic acids is 1. The van der Waals surface area contributed by atoms with Gasteiger partial charge in [-0.1, -0.05) is 32.0 Å². The molecule has 3 N–H and O–H groups in total. The number of aliphatic carboxylic acids is 1.